The smallest absolute Gasteiger partial charge is 0.223 e. The van der Waals surface area contributed by atoms with Crippen molar-refractivity contribution in [3.63, 3.8) is 0 Å². The molecule has 0 bridgehead atoms. The lowest BCUT2D eigenvalue weighted by atomic mass is 9.94. The monoisotopic (exact) mass is 400 g/mol. The van der Waals surface area contributed by atoms with Crippen molar-refractivity contribution in [2.24, 2.45) is 5.92 Å². The maximum atomic E-state index is 12.8. The van der Waals surface area contributed by atoms with Gasteiger partial charge in [0.15, 0.2) is 0 Å². The van der Waals surface area contributed by atoms with Gasteiger partial charge in [0.25, 0.3) is 0 Å². The van der Waals surface area contributed by atoms with Gasteiger partial charge in [-0.3, -0.25) is 4.79 Å². The SMILES string of the molecule is CC(C)=CCC/C(C)=C/CC(/C=C(\C)CCC=C(C)C)CC(=O)N1CCNCC1. The number of rotatable bonds is 11. The standard InChI is InChI=1S/C26H44N2O/c1-21(2)9-7-11-23(5)13-14-25(19-24(6)12-8-10-22(3)4)20-26(29)28-17-15-27-16-18-28/h9-10,13,19,25,27H,7-8,11-12,14-18,20H2,1-6H3/b23-13+,24-19+. The van der Waals surface area contributed by atoms with Crippen molar-refractivity contribution in [3.8, 4) is 0 Å². The van der Waals surface area contributed by atoms with Crippen LogP contribution in [0.5, 0.6) is 0 Å². The van der Waals surface area contributed by atoms with Crippen LogP contribution < -0.4 is 5.32 Å². The van der Waals surface area contributed by atoms with E-state index in [2.05, 4.69) is 71.2 Å². The van der Waals surface area contributed by atoms with Crippen molar-refractivity contribution in [2.75, 3.05) is 26.2 Å². The second-order valence-electron chi connectivity index (χ2n) is 9.03. The molecular formula is C26H44N2O. The van der Waals surface area contributed by atoms with Crippen LogP contribution >= 0.6 is 0 Å². The first-order chi connectivity index (χ1) is 13.8. The third-order valence-corrected chi connectivity index (χ3v) is 5.38. The molecule has 3 heteroatoms. The molecule has 1 N–H and O–H groups in total. The first kappa shape index (κ1) is 25.4. The fourth-order valence-corrected chi connectivity index (χ4v) is 3.60. The molecule has 0 aromatic rings. The molecule has 1 rings (SSSR count). The van der Waals surface area contributed by atoms with Crippen molar-refractivity contribution in [3.05, 3.63) is 46.6 Å². The lowest BCUT2D eigenvalue weighted by Gasteiger charge is -2.28. The molecule has 1 saturated heterocycles. The van der Waals surface area contributed by atoms with Crippen molar-refractivity contribution in [2.45, 2.75) is 80.1 Å². The number of hydrogen-bond acceptors (Lipinski definition) is 2. The number of nitrogens with zero attached hydrogens (tertiary/aromatic N) is 1. The van der Waals surface area contributed by atoms with Crippen LogP contribution in [0.2, 0.25) is 0 Å². The zero-order chi connectivity index (χ0) is 21.6. The molecule has 0 aromatic heterocycles. The number of amides is 1. The zero-order valence-electron chi connectivity index (χ0n) is 19.8. The molecule has 0 spiro atoms. The molecule has 0 aromatic carbocycles. The molecule has 0 aliphatic carbocycles. The normalized spacial score (nSPS) is 16.4. The molecule has 1 heterocycles. The average molecular weight is 401 g/mol. The van der Waals surface area contributed by atoms with Crippen molar-refractivity contribution in [1.82, 2.24) is 10.2 Å². The van der Waals surface area contributed by atoms with Gasteiger partial charge < -0.3 is 10.2 Å². The predicted molar refractivity (Wildman–Crippen MR) is 127 cm³/mol. The molecule has 1 unspecified atom stereocenters. The van der Waals surface area contributed by atoms with E-state index in [1.165, 1.54) is 22.3 Å². The minimum absolute atomic E-state index is 0.294. The number of piperazine rings is 1. The molecule has 29 heavy (non-hydrogen) atoms. The Morgan fingerprint density at radius 2 is 1.41 bits per heavy atom. The number of carbonyl (C=O) groups is 1. The third-order valence-electron chi connectivity index (χ3n) is 5.38. The Labute approximate surface area is 180 Å². The fraction of sp³-hybridized carbons (Fsp3) is 0.654. The van der Waals surface area contributed by atoms with E-state index >= 15 is 0 Å². The Morgan fingerprint density at radius 1 is 0.862 bits per heavy atom. The van der Waals surface area contributed by atoms with Crippen LogP contribution in [-0.2, 0) is 4.79 Å². The van der Waals surface area contributed by atoms with Gasteiger partial charge in [-0.15, -0.1) is 0 Å². The molecule has 1 amide bonds. The molecule has 1 aliphatic heterocycles. The third kappa shape index (κ3) is 12.5. The van der Waals surface area contributed by atoms with Crippen LogP contribution in [0.1, 0.15) is 80.1 Å². The summed E-state index contributed by atoms with van der Waals surface area (Å²) in [4.78, 5) is 14.8. The van der Waals surface area contributed by atoms with Crippen LogP contribution in [-0.4, -0.2) is 37.0 Å². The molecule has 0 radical (unpaired) electrons. The first-order valence-electron chi connectivity index (χ1n) is 11.4. The summed E-state index contributed by atoms with van der Waals surface area (Å²) in [6.07, 6.45) is 15.3. The van der Waals surface area contributed by atoms with Gasteiger partial charge in [0.1, 0.15) is 0 Å². The van der Waals surface area contributed by atoms with Gasteiger partial charge in [-0.1, -0.05) is 46.6 Å². The van der Waals surface area contributed by atoms with Gasteiger partial charge in [-0.05, 0) is 79.6 Å². The molecular weight excluding hydrogens is 356 g/mol. The minimum Gasteiger partial charge on any atom is -0.340 e. The van der Waals surface area contributed by atoms with E-state index in [0.717, 1.165) is 58.3 Å². The summed E-state index contributed by atoms with van der Waals surface area (Å²) >= 11 is 0. The van der Waals surface area contributed by atoms with Gasteiger partial charge in [-0.2, -0.15) is 0 Å². The van der Waals surface area contributed by atoms with Gasteiger partial charge in [0, 0.05) is 32.6 Å². The summed E-state index contributed by atoms with van der Waals surface area (Å²) in [5.41, 5.74) is 5.58. The summed E-state index contributed by atoms with van der Waals surface area (Å²) < 4.78 is 0. The molecule has 3 nitrogen and oxygen atoms in total. The van der Waals surface area contributed by atoms with Gasteiger partial charge in [0.05, 0.1) is 0 Å². The summed E-state index contributed by atoms with van der Waals surface area (Å²) in [7, 11) is 0. The van der Waals surface area contributed by atoms with Gasteiger partial charge in [-0.25, -0.2) is 0 Å². The quantitative estimate of drug-likeness (QED) is 0.419. The van der Waals surface area contributed by atoms with Crippen molar-refractivity contribution in [1.29, 1.82) is 0 Å². The van der Waals surface area contributed by atoms with E-state index in [4.69, 9.17) is 0 Å². The maximum Gasteiger partial charge on any atom is 0.223 e. The highest BCUT2D eigenvalue weighted by molar-refractivity contribution is 5.76. The van der Waals surface area contributed by atoms with E-state index in [-0.39, 0.29) is 0 Å². The lowest BCUT2D eigenvalue weighted by Crippen LogP contribution is -2.46. The fourth-order valence-electron chi connectivity index (χ4n) is 3.60. The molecule has 1 fully saturated rings. The van der Waals surface area contributed by atoms with Crippen LogP contribution in [0.3, 0.4) is 0 Å². The van der Waals surface area contributed by atoms with E-state index in [0.29, 0.717) is 18.2 Å². The van der Waals surface area contributed by atoms with Gasteiger partial charge in [0.2, 0.25) is 5.91 Å². The van der Waals surface area contributed by atoms with E-state index in [9.17, 15) is 4.79 Å². The summed E-state index contributed by atoms with van der Waals surface area (Å²) in [6.45, 7) is 16.5. The second-order valence-corrected chi connectivity index (χ2v) is 9.03. The van der Waals surface area contributed by atoms with Crippen LogP contribution in [0.15, 0.2) is 46.6 Å². The lowest BCUT2D eigenvalue weighted by molar-refractivity contribution is -0.132. The first-order valence-corrected chi connectivity index (χ1v) is 11.4. The van der Waals surface area contributed by atoms with Crippen molar-refractivity contribution >= 4 is 5.91 Å². The Kier molecular flexibility index (Phi) is 12.6. The summed E-state index contributed by atoms with van der Waals surface area (Å²) in [5.74, 6) is 0.600. The molecule has 164 valence electrons. The second kappa shape index (κ2) is 14.4. The Bertz CT molecular complexity index is 611. The highest BCUT2D eigenvalue weighted by Gasteiger charge is 2.19. The molecule has 1 atom stereocenters. The predicted octanol–water partition coefficient (Wildman–Crippen LogP) is 6.20. The molecule has 0 saturated carbocycles. The Morgan fingerprint density at radius 3 is 1.97 bits per heavy atom. The van der Waals surface area contributed by atoms with Crippen LogP contribution in [0.4, 0.5) is 0 Å². The highest BCUT2D eigenvalue weighted by atomic mass is 16.2. The summed E-state index contributed by atoms with van der Waals surface area (Å²) in [6, 6.07) is 0. The van der Waals surface area contributed by atoms with Crippen LogP contribution in [0, 0.1) is 5.92 Å². The number of hydrogen-bond donors (Lipinski definition) is 1. The largest absolute Gasteiger partial charge is 0.340 e. The topological polar surface area (TPSA) is 32.3 Å². The van der Waals surface area contributed by atoms with Gasteiger partial charge >= 0.3 is 0 Å². The van der Waals surface area contributed by atoms with E-state index in [1.807, 2.05) is 4.90 Å². The number of carbonyl (C=O) groups excluding carboxylic acids is 1. The summed E-state index contributed by atoms with van der Waals surface area (Å²) in [5, 5.41) is 3.33. The average Bonchev–Trinajstić information content (AvgIpc) is 2.66. The Balaban J connectivity index is 2.73. The minimum atomic E-state index is 0.294. The van der Waals surface area contributed by atoms with Crippen LogP contribution in [0.25, 0.3) is 0 Å². The Hall–Kier alpha value is -1.61. The number of allylic oxidation sites excluding steroid dienone is 8. The number of nitrogens with one attached hydrogen (secondary N) is 1. The molecule has 1 aliphatic rings. The van der Waals surface area contributed by atoms with E-state index < -0.39 is 0 Å². The maximum absolute atomic E-state index is 12.8. The van der Waals surface area contributed by atoms with Crippen molar-refractivity contribution < 1.29 is 4.79 Å². The highest BCUT2D eigenvalue weighted by Crippen LogP contribution is 2.20. The van der Waals surface area contributed by atoms with E-state index in [1.54, 1.807) is 0 Å². The zero-order valence-corrected chi connectivity index (χ0v) is 19.8.